The number of aliphatic imine (C=N–C) groups is 1. The summed E-state index contributed by atoms with van der Waals surface area (Å²) >= 11 is 0. The molecular formula is C24H40IN3O3. The first-order valence-electron chi connectivity index (χ1n) is 11.6. The number of hydrogen-bond acceptors (Lipinski definition) is 4. The van der Waals surface area contributed by atoms with Crippen molar-refractivity contribution in [3.8, 4) is 5.75 Å². The second kappa shape index (κ2) is 14.2. The summed E-state index contributed by atoms with van der Waals surface area (Å²) in [7, 11) is 1.73. The summed E-state index contributed by atoms with van der Waals surface area (Å²) in [6.07, 6.45) is 6.99. The van der Waals surface area contributed by atoms with Gasteiger partial charge in [-0.2, -0.15) is 0 Å². The van der Waals surface area contributed by atoms with Crippen LogP contribution in [-0.2, 0) is 14.9 Å². The van der Waals surface area contributed by atoms with E-state index in [0.29, 0.717) is 5.92 Å². The zero-order chi connectivity index (χ0) is 21.1. The van der Waals surface area contributed by atoms with Gasteiger partial charge in [-0.05, 0) is 50.3 Å². The zero-order valence-corrected chi connectivity index (χ0v) is 21.5. The van der Waals surface area contributed by atoms with Crippen molar-refractivity contribution >= 4 is 29.9 Å². The molecule has 1 atom stereocenters. The number of ether oxygens (including phenoxy) is 3. The fourth-order valence-corrected chi connectivity index (χ4v) is 4.46. The first-order chi connectivity index (χ1) is 14.8. The second-order valence-electron chi connectivity index (χ2n) is 8.50. The van der Waals surface area contributed by atoms with Crippen LogP contribution in [0.25, 0.3) is 0 Å². The molecule has 3 rings (SSSR count). The molecule has 7 heteroatoms. The molecule has 31 heavy (non-hydrogen) atoms. The van der Waals surface area contributed by atoms with E-state index in [9.17, 15) is 0 Å². The van der Waals surface area contributed by atoms with Crippen molar-refractivity contribution in [3.05, 3.63) is 29.8 Å². The van der Waals surface area contributed by atoms with Crippen LogP contribution in [0.5, 0.6) is 5.75 Å². The Hall–Kier alpha value is -1.06. The van der Waals surface area contributed by atoms with Crippen LogP contribution in [0.4, 0.5) is 0 Å². The topological polar surface area (TPSA) is 64.1 Å². The molecule has 0 aromatic heterocycles. The van der Waals surface area contributed by atoms with E-state index in [4.69, 9.17) is 19.2 Å². The number of halogens is 1. The maximum Gasteiger partial charge on any atom is 0.191 e. The van der Waals surface area contributed by atoms with E-state index in [1.54, 1.807) is 7.11 Å². The highest BCUT2D eigenvalue weighted by Crippen LogP contribution is 2.42. The number of rotatable bonds is 11. The smallest absolute Gasteiger partial charge is 0.191 e. The molecule has 0 amide bonds. The van der Waals surface area contributed by atoms with E-state index in [1.165, 1.54) is 31.2 Å². The quantitative estimate of drug-likeness (QED) is 0.190. The molecule has 176 valence electrons. The van der Waals surface area contributed by atoms with Gasteiger partial charge in [0, 0.05) is 37.6 Å². The van der Waals surface area contributed by atoms with E-state index in [-0.39, 0.29) is 29.4 Å². The maximum absolute atomic E-state index is 5.80. The van der Waals surface area contributed by atoms with E-state index in [1.807, 2.05) is 6.07 Å². The van der Waals surface area contributed by atoms with E-state index in [0.717, 1.165) is 70.6 Å². The van der Waals surface area contributed by atoms with Crippen LogP contribution in [0, 0.1) is 5.92 Å². The van der Waals surface area contributed by atoms with Gasteiger partial charge in [0.15, 0.2) is 5.96 Å². The molecule has 6 nitrogen and oxygen atoms in total. The minimum atomic E-state index is 0. The number of nitrogens with one attached hydrogen (secondary N) is 2. The highest BCUT2D eigenvalue weighted by Gasteiger charge is 2.35. The van der Waals surface area contributed by atoms with E-state index < -0.39 is 0 Å². The predicted molar refractivity (Wildman–Crippen MR) is 137 cm³/mol. The molecule has 1 heterocycles. The molecule has 1 unspecified atom stereocenters. The Morgan fingerprint density at radius 2 is 2.10 bits per heavy atom. The van der Waals surface area contributed by atoms with E-state index in [2.05, 4.69) is 35.8 Å². The number of methoxy groups -OCH3 is 1. The number of guanidine groups is 1. The van der Waals surface area contributed by atoms with Crippen LogP contribution in [-0.4, -0.2) is 59.1 Å². The largest absolute Gasteiger partial charge is 0.497 e. The Kier molecular flexibility index (Phi) is 12.0. The molecule has 0 spiro atoms. The summed E-state index contributed by atoms with van der Waals surface area (Å²) in [6.45, 7) is 7.95. The summed E-state index contributed by atoms with van der Waals surface area (Å²) in [5.41, 5.74) is 1.46. The van der Waals surface area contributed by atoms with Gasteiger partial charge in [-0.25, -0.2) is 0 Å². The van der Waals surface area contributed by atoms with Crippen LogP contribution >= 0.6 is 24.0 Å². The fraction of sp³-hybridized carbons (Fsp3) is 0.708. The minimum absolute atomic E-state index is 0. The van der Waals surface area contributed by atoms with Crippen molar-refractivity contribution in [3.63, 3.8) is 0 Å². The van der Waals surface area contributed by atoms with Gasteiger partial charge in [0.25, 0.3) is 0 Å². The summed E-state index contributed by atoms with van der Waals surface area (Å²) < 4.78 is 16.7. The molecular weight excluding hydrogens is 505 g/mol. The lowest BCUT2D eigenvalue weighted by Crippen LogP contribution is -2.39. The standard InChI is InChI=1S/C24H39N3O3.HI/c1-3-25-23(26-13-7-14-29-17-20-10-15-30-18-20)27-19-24(11-4-5-12-24)21-8-6-9-22(16-21)28-2;/h6,8-9,16,20H,3-5,7,10-15,17-19H2,1-2H3,(H2,25,26,27);1H. The molecule has 2 N–H and O–H groups in total. The monoisotopic (exact) mass is 545 g/mol. The van der Waals surface area contributed by atoms with Gasteiger partial charge in [-0.15, -0.1) is 24.0 Å². The summed E-state index contributed by atoms with van der Waals surface area (Å²) in [5, 5.41) is 6.86. The van der Waals surface area contributed by atoms with Crippen LogP contribution in [0.1, 0.15) is 51.0 Å². The summed E-state index contributed by atoms with van der Waals surface area (Å²) in [6, 6.07) is 8.53. The Morgan fingerprint density at radius 1 is 1.26 bits per heavy atom. The van der Waals surface area contributed by atoms with Crippen LogP contribution < -0.4 is 15.4 Å². The van der Waals surface area contributed by atoms with Crippen molar-refractivity contribution in [2.45, 2.75) is 50.9 Å². The van der Waals surface area contributed by atoms with Crippen LogP contribution in [0.2, 0.25) is 0 Å². The Bertz CT molecular complexity index is 659. The van der Waals surface area contributed by atoms with Crippen molar-refractivity contribution in [1.29, 1.82) is 0 Å². The van der Waals surface area contributed by atoms with Gasteiger partial charge in [0.05, 0.1) is 26.9 Å². The highest BCUT2D eigenvalue weighted by molar-refractivity contribution is 14.0. The normalized spacial score (nSPS) is 20.3. The average Bonchev–Trinajstić information content (AvgIpc) is 3.47. The molecule has 1 aliphatic heterocycles. The lowest BCUT2D eigenvalue weighted by Gasteiger charge is -2.28. The molecule has 2 fully saturated rings. The summed E-state index contributed by atoms with van der Waals surface area (Å²) in [4.78, 5) is 4.98. The fourth-order valence-electron chi connectivity index (χ4n) is 4.46. The van der Waals surface area contributed by atoms with Crippen molar-refractivity contribution in [2.75, 3.05) is 53.2 Å². The molecule has 1 saturated carbocycles. The first kappa shape index (κ1) is 26.2. The van der Waals surface area contributed by atoms with Crippen molar-refractivity contribution < 1.29 is 14.2 Å². The molecule has 1 aromatic rings. The van der Waals surface area contributed by atoms with Gasteiger partial charge < -0.3 is 24.8 Å². The maximum atomic E-state index is 5.80. The third-order valence-electron chi connectivity index (χ3n) is 6.26. The first-order valence-corrected chi connectivity index (χ1v) is 11.6. The van der Waals surface area contributed by atoms with Crippen LogP contribution in [0.3, 0.4) is 0 Å². The highest BCUT2D eigenvalue weighted by atomic mass is 127. The second-order valence-corrected chi connectivity index (χ2v) is 8.50. The van der Waals surface area contributed by atoms with Gasteiger partial charge in [-0.1, -0.05) is 25.0 Å². The molecule has 1 aliphatic carbocycles. The van der Waals surface area contributed by atoms with Crippen LogP contribution in [0.15, 0.2) is 29.3 Å². The molecule has 1 saturated heterocycles. The Morgan fingerprint density at radius 3 is 2.81 bits per heavy atom. The third-order valence-corrected chi connectivity index (χ3v) is 6.26. The lowest BCUT2D eigenvalue weighted by atomic mass is 9.79. The van der Waals surface area contributed by atoms with Gasteiger partial charge in [-0.3, -0.25) is 4.99 Å². The zero-order valence-electron chi connectivity index (χ0n) is 19.2. The Balaban J connectivity index is 0.00000341. The predicted octanol–water partition coefficient (Wildman–Crippen LogP) is 4.12. The van der Waals surface area contributed by atoms with Gasteiger partial charge in [0.1, 0.15) is 5.75 Å². The Labute approximate surface area is 204 Å². The number of benzene rings is 1. The molecule has 2 aliphatic rings. The molecule has 0 radical (unpaired) electrons. The lowest BCUT2D eigenvalue weighted by molar-refractivity contribution is 0.0888. The molecule has 0 bridgehead atoms. The number of nitrogens with zero attached hydrogens (tertiary/aromatic N) is 1. The third kappa shape index (κ3) is 8.09. The van der Waals surface area contributed by atoms with E-state index >= 15 is 0 Å². The summed E-state index contributed by atoms with van der Waals surface area (Å²) in [5.74, 6) is 2.41. The number of hydrogen-bond donors (Lipinski definition) is 2. The van der Waals surface area contributed by atoms with Crippen molar-refractivity contribution in [1.82, 2.24) is 10.6 Å². The SMILES string of the molecule is CCNC(=NCC1(c2cccc(OC)c2)CCCC1)NCCCOCC1CCOC1.I. The van der Waals surface area contributed by atoms with Gasteiger partial charge in [0.2, 0.25) is 0 Å². The molecule has 1 aromatic carbocycles. The minimum Gasteiger partial charge on any atom is -0.497 e. The van der Waals surface area contributed by atoms with Gasteiger partial charge >= 0.3 is 0 Å². The van der Waals surface area contributed by atoms with Crippen molar-refractivity contribution in [2.24, 2.45) is 10.9 Å². The average molecular weight is 546 g/mol.